The van der Waals surface area contributed by atoms with Crippen LogP contribution in [0.3, 0.4) is 0 Å². The maximum atomic E-state index is 5.86. The van der Waals surface area contributed by atoms with Crippen molar-refractivity contribution in [3.8, 4) is 0 Å². The zero-order chi connectivity index (χ0) is 14.6. The van der Waals surface area contributed by atoms with E-state index in [1.807, 2.05) is 0 Å². The van der Waals surface area contributed by atoms with Gasteiger partial charge in [0.1, 0.15) is 11.2 Å². The number of pyridine rings is 1. The molecule has 21 heavy (non-hydrogen) atoms. The summed E-state index contributed by atoms with van der Waals surface area (Å²) in [5, 5.41) is 0.895. The van der Waals surface area contributed by atoms with Crippen molar-refractivity contribution >= 4 is 37.6 Å². The fourth-order valence-electron chi connectivity index (χ4n) is 2.71. The number of nitrogen functional groups attached to an aromatic ring is 1. The van der Waals surface area contributed by atoms with Crippen LogP contribution in [0.15, 0.2) is 12.4 Å². The lowest BCUT2D eigenvalue weighted by molar-refractivity contribution is -0.0411. The molecule has 0 radical (unpaired) electrons. The van der Waals surface area contributed by atoms with Gasteiger partial charge in [-0.05, 0) is 19.9 Å². The molecule has 0 amide bonds. The van der Waals surface area contributed by atoms with Gasteiger partial charge >= 0.3 is 0 Å². The summed E-state index contributed by atoms with van der Waals surface area (Å²) in [6.07, 6.45) is 2.31. The molecule has 0 saturated heterocycles. The van der Waals surface area contributed by atoms with Gasteiger partial charge in [-0.25, -0.2) is 15.8 Å². The minimum absolute atomic E-state index is 0.176. The monoisotopic (exact) mass is 301 g/mol. The van der Waals surface area contributed by atoms with Gasteiger partial charge < -0.3 is 10.2 Å². The lowest BCUT2D eigenvalue weighted by Gasteiger charge is -2.31. The fraction of sp³-hybridized carbons (Fsp3) is 0.357. The Morgan fingerprint density at radius 3 is 3.05 bits per heavy atom. The zero-order valence-corrected chi connectivity index (χ0v) is 12.6. The highest BCUT2D eigenvalue weighted by atomic mass is 32.1. The van der Waals surface area contributed by atoms with E-state index in [-0.39, 0.29) is 5.60 Å². The number of thiophene rings is 1. The highest BCUT2D eigenvalue weighted by Crippen LogP contribution is 2.37. The van der Waals surface area contributed by atoms with Crippen LogP contribution in [0.1, 0.15) is 25.1 Å². The Hall–Kier alpha value is -1.83. The number of aromatic nitrogens is 3. The summed E-state index contributed by atoms with van der Waals surface area (Å²) >= 11 is 1.60. The molecule has 1 aliphatic heterocycles. The number of nitrogens with two attached hydrogens (primary N) is 1. The maximum absolute atomic E-state index is 5.86. The number of nitrogens with zero attached hydrogens (tertiary/aromatic N) is 3. The van der Waals surface area contributed by atoms with Gasteiger partial charge in [0.05, 0.1) is 27.8 Å². The molecular weight excluding hydrogens is 286 g/mol. The van der Waals surface area contributed by atoms with Gasteiger partial charge in [-0.3, -0.25) is 4.98 Å². The van der Waals surface area contributed by atoms with Crippen LogP contribution < -0.4 is 11.3 Å². The fourth-order valence-corrected chi connectivity index (χ4v) is 3.76. The van der Waals surface area contributed by atoms with E-state index in [4.69, 9.17) is 15.6 Å². The number of fused-ring (bicyclic) bond motifs is 4. The van der Waals surface area contributed by atoms with Gasteiger partial charge in [0.2, 0.25) is 0 Å². The molecule has 7 heteroatoms. The minimum Gasteiger partial charge on any atom is -0.370 e. The van der Waals surface area contributed by atoms with Crippen LogP contribution in [0.25, 0.3) is 20.4 Å². The van der Waals surface area contributed by atoms with Crippen molar-refractivity contribution in [1.82, 2.24) is 15.0 Å². The number of anilines is 1. The topological polar surface area (TPSA) is 86.0 Å². The van der Waals surface area contributed by atoms with Gasteiger partial charge in [-0.15, -0.1) is 11.3 Å². The highest BCUT2D eigenvalue weighted by Gasteiger charge is 2.28. The summed E-state index contributed by atoms with van der Waals surface area (Å²) < 4.78 is 6.95. The Balaban J connectivity index is 2.03. The molecule has 0 aromatic carbocycles. The smallest absolute Gasteiger partial charge is 0.154 e. The van der Waals surface area contributed by atoms with Crippen molar-refractivity contribution in [3.63, 3.8) is 0 Å². The predicted molar refractivity (Wildman–Crippen MR) is 83.1 cm³/mol. The van der Waals surface area contributed by atoms with Crippen LogP contribution in [0.5, 0.6) is 0 Å². The first kappa shape index (κ1) is 12.9. The SMILES string of the molecule is CC1(C)Cc2nc3c(cc2CO1)sc1ncnc(NN)c13. The molecular formula is C14H15N5OS. The number of ether oxygens (including phenoxy) is 1. The van der Waals surface area contributed by atoms with Crippen molar-refractivity contribution in [2.75, 3.05) is 5.43 Å². The van der Waals surface area contributed by atoms with Crippen molar-refractivity contribution in [3.05, 3.63) is 23.7 Å². The molecule has 0 aliphatic carbocycles. The average molecular weight is 301 g/mol. The van der Waals surface area contributed by atoms with Gasteiger partial charge in [-0.2, -0.15) is 0 Å². The average Bonchev–Trinajstić information content (AvgIpc) is 2.81. The number of hydrogen-bond acceptors (Lipinski definition) is 7. The Morgan fingerprint density at radius 1 is 1.38 bits per heavy atom. The first-order valence-electron chi connectivity index (χ1n) is 6.74. The first-order valence-corrected chi connectivity index (χ1v) is 7.56. The van der Waals surface area contributed by atoms with Crippen LogP contribution in [0, 0.1) is 0 Å². The van der Waals surface area contributed by atoms with E-state index in [2.05, 4.69) is 35.3 Å². The lowest BCUT2D eigenvalue weighted by Crippen LogP contribution is -2.32. The standard InChI is InChI=1S/C14H15N5OS/c1-14(2)4-8-7(5-20-14)3-9-11(18-8)10-12(19-15)16-6-17-13(10)21-9/h3,6H,4-5,15H2,1-2H3,(H,16,17,19). The summed E-state index contributed by atoms with van der Waals surface area (Å²) in [4.78, 5) is 14.3. The molecule has 0 fully saturated rings. The molecule has 108 valence electrons. The Bertz CT molecular complexity index is 857. The summed E-state index contributed by atoms with van der Waals surface area (Å²) in [5.41, 5.74) is 5.62. The molecule has 4 rings (SSSR count). The zero-order valence-electron chi connectivity index (χ0n) is 11.8. The van der Waals surface area contributed by atoms with Gasteiger partial charge in [0.15, 0.2) is 5.82 Å². The molecule has 6 nitrogen and oxygen atoms in total. The molecule has 1 aliphatic rings. The van der Waals surface area contributed by atoms with Crippen LogP contribution in [-0.2, 0) is 17.8 Å². The van der Waals surface area contributed by atoms with E-state index < -0.39 is 0 Å². The van der Waals surface area contributed by atoms with E-state index in [0.717, 1.165) is 38.1 Å². The lowest BCUT2D eigenvalue weighted by atomic mass is 9.96. The summed E-state index contributed by atoms with van der Waals surface area (Å²) in [6.45, 7) is 4.78. The molecule has 3 N–H and O–H groups in total. The Morgan fingerprint density at radius 2 is 2.24 bits per heavy atom. The van der Waals surface area contributed by atoms with Crippen molar-refractivity contribution in [1.29, 1.82) is 0 Å². The maximum Gasteiger partial charge on any atom is 0.154 e. The molecule has 0 spiro atoms. The molecule has 3 aromatic heterocycles. The quantitative estimate of drug-likeness (QED) is 0.530. The van der Waals surface area contributed by atoms with Gasteiger partial charge in [0, 0.05) is 17.7 Å². The molecule has 4 heterocycles. The van der Waals surface area contributed by atoms with Crippen molar-refractivity contribution in [2.45, 2.75) is 32.5 Å². The number of rotatable bonds is 1. The molecule has 3 aromatic rings. The Labute approximate surface area is 125 Å². The third-order valence-corrected chi connectivity index (χ3v) is 4.79. The summed E-state index contributed by atoms with van der Waals surface area (Å²) in [6, 6.07) is 2.15. The van der Waals surface area contributed by atoms with E-state index >= 15 is 0 Å². The highest BCUT2D eigenvalue weighted by molar-refractivity contribution is 7.25. The van der Waals surface area contributed by atoms with E-state index in [0.29, 0.717) is 12.4 Å². The second kappa shape index (κ2) is 4.33. The molecule has 0 bridgehead atoms. The first-order chi connectivity index (χ1) is 10.1. The third-order valence-electron chi connectivity index (χ3n) is 3.76. The largest absolute Gasteiger partial charge is 0.370 e. The second-order valence-electron chi connectivity index (χ2n) is 5.81. The van der Waals surface area contributed by atoms with E-state index in [1.165, 1.54) is 6.33 Å². The second-order valence-corrected chi connectivity index (χ2v) is 6.85. The van der Waals surface area contributed by atoms with E-state index in [1.54, 1.807) is 11.3 Å². The third kappa shape index (κ3) is 1.97. The molecule has 0 unspecified atom stereocenters. The van der Waals surface area contributed by atoms with Gasteiger partial charge in [0.25, 0.3) is 0 Å². The summed E-state index contributed by atoms with van der Waals surface area (Å²) in [5.74, 6) is 6.18. The van der Waals surface area contributed by atoms with E-state index in [9.17, 15) is 0 Å². The minimum atomic E-state index is -0.176. The van der Waals surface area contributed by atoms with Crippen LogP contribution in [0.2, 0.25) is 0 Å². The van der Waals surface area contributed by atoms with Crippen molar-refractivity contribution in [2.24, 2.45) is 5.84 Å². The molecule has 0 atom stereocenters. The predicted octanol–water partition coefficient (Wildman–Crippen LogP) is 2.38. The molecule has 0 saturated carbocycles. The Kier molecular flexibility index (Phi) is 2.66. The van der Waals surface area contributed by atoms with Crippen molar-refractivity contribution < 1.29 is 4.74 Å². The van der Waals surface area contributed by atoms with Gasteiger partial charge in [-0.1, -0.05) is 0 Å². The van der Waals surface area contributed by atoms with Crippen LogP contribution in [0.4, 0.5) is 5.82 Å². The summed E-state index contributed by atoms with van der Waals surface area (Å²) in [7, 11) is 0. The number of nitrogens with one attached hydrogen (secondary N) is 1. The normalized spacial score (nSPS) is 17.1. The van der Waals surface area contributed by atoms with Crippen LogP contribution in [-0.4, -0.2) is 20.6 Å². The number of hydrazine groups is 1. The number of hydrogen-bond donors (Lipinski definition) is 2. The van der Waals surface area contributed by atoms with Crippen LogP contribution >= 0.6 is 11.3 Å².